The second kappa shape index (κ2) is 13.3. The number of rotatable bonds is 10. The summed E-state index contributed by atoms with van der Waals surface area (Å²) < 4.78 is 7.50. The first-order chi connectivity index (χ1) is 7.31. The van der Waals surface area contributed by atoms with E-state index in [4.69, 9.17) is 1.37 Å². The second-order valence-electron chi connectivity index (χ2n) is 3.79. The van der Waals surface area contributed by atoms with Gasteiger partial charge in [0.1, 0.15) is 0 Å². The van der Waals surface area contributed by atoms with E-state index in [9.17, 15) is 0 Å². The zero-order valence-corrected chi connectivity index (χ0v) is 11.6. The van der Waals surface area contributed by atoms with E-state index >= 15 is 0 Å². The Morgan fingerprint density at radius 1 is 1.00 bits per heavy atom. The first-order valence-corrected chi connectivity index (χ1v) is 8.59. The molecule has 0 bridgehead atoms. The molecule has 0 aromatic rings. The van der Waals surface area contributed by atoms with Gasteiger partial charge >= 0.3 is 97.9 Å². The van der Waals surface area contributed by atoms with Gasteiger partial charge < -0.3 is 0 Å². The van der Waals surface area contributed by atoms with Crippen LogP contribution in [0.4, 0.5) is 0 Å². The van der Waals surface area contributed by atoms with Gasteiger partial charge in [0.15, 0.2) is 0 Å². The van der Waals surface area contributed by atoms with Crippen LogP contribution in [0, 0.1) is 0 Å². The Kier molecular flexibility index (Phi) is 11.7. The topological polar surface area (TPSA) is 0 Å². The third kappa shape index (κ3) is 12.3. The van der Waals surface area contributed by atoms with Gasteiger partial charge in [-0.25, -0.2) is 0 Å². The average molecular weight is 262 g/mol. The Hall–Kier alpha value is 0.259. The van der Waals surface area contributed by atoms with Gasteiger partial charge in [-0.3, -0.25) is 0 Å². The SMILES string of the molecule is [2H]/C(=C/CCCCCCCCCC)[Se]C. The Labute approximate surface area is 98.1 Å². The first kappa shape index (κ1) is 12.3. The van der Waals surface area contributed by atoms with E-state index < -0.39 is 0 Å². The first-order valence-electron chi connectivity index (χ1n) is 6.52. The van der Waals surface area contributed by atoms with Crippen molar-refractivity contribution in [3.8, 4) is 0 Å². The van der Waals surface area contributed by atoms with Crippen molar-refractivity contribution in [1.82, 2.24) is 0 Å². The van der Waals surface area contributed by atoms with Crippen molar-refractivity contribution in [3.63, 3.8) is 0 Å². The molecule has 0 aliphatic heterocycles. The van der Waals surface area contributed by atoms with Crippen LogP contribution < -0.4 is 0 Å². The van der Waals surface area contributed by atoms with Crippen LogP contribution in [0.25, 0.3) is 0 Å². The third-order valence-electron chi connectivity index (χ3n) is 2.40. The predicted molar refractivity (Wildman–Crippen MR) is 68.0 cm³/mol. The molecule has 0 heterocycles. The summed E-state index contributed by atoms with van der Waals surface area (Å²) in [5.74, 6) is 2.11. The number of allylic oxidation sites excluding steroid dienone is 1. The number of unbranched alkanes of at least 4 members (excludes halogenated alkanes) is 8. The van der Waals surface area contributed by atoms with Crippen LogP contribution in [0.5, 0.6) is 0 Å². The van der Waals surface area contributed by atoms with Gasteiger partial charge in [-0.1, -0.05) is 0 Å². The Morgan fingerprint density at radius 2 is 1.57 bits per heavy atom. The summed E-state index contributed by atoms with van der Waals surface area (Å²) in [6, 6.07) is 0. The van der Waals surface area contributed by atoms with Crippen molar-refractivity contribution in [3.05, 3.63) is 11.0 Å². The van der Waals surface area contributed by atoms with Gasteiger partial charge in [-0.15, -0.1) is 0 Å². The van der Waals surface area contributed by atoms with Gasteiger partial charge in [0.05, 0.1) is 0 Å². The molecule has 0 aliphatic carbocycles. The Balaban J connectivity index is 3.05. The fourth-order valence-corrected chi connectivity index (χ4v) is 2.12. The monoisotopic (exact) mass is 263 g/mol. The molecular weight excluding hydrogens is 235 g/mol. The molecule has 0 spiro atoms. The molecule has 0 saturated heterocycles. The molecule has 0 atom stereocenters. The van der Waals surface area contributed by atoms with Crippen molar-refractivity contribution >= 4 is 15.0 Å². The molecule has 14 heavy (non-hydrogen) atoms. The minimum atomic E-state index is 0.403. The van der Waals surface area contributed by atoms with Crippen LogP contribution >= 0.6 is 0 Å². The molecule has 0 aliphatic rings. The predicted octanol–water partition coefficient (Wildman–Crippen LogP) is 4.78. The summed E-state index contributed by atoms with van der Waals surface area (Å²) in [4.78, 5) is 0.866. The van der Waals surface area contributed by atoms with E-state index in [1.54, 1.807) is 0 Å². The van der Waals surface area contributed by atoms with E-state index in [-0.39, 0.29) is 0 Å². The average Bonchev–Trinajstić information content (AvgIpc) is 2.26. The van der Waals surface area contributed by atoms with Crippen molar-refractivity contribution < 1.29 is 1.37 Å². The van der Waals surface area contributed by atoms with Gasteiger partial charge in [0.25, 0.3) is 0 Å². The van der Waals surface area contributed by atoms with Gasteiger partial charge in [-0.2, -0.15) is 0 Å². The maximum atomic E-state index is 7.50. The zero-order chi connectivity index (χ0) is 11.4. The second-order valence-corrected chi connectivity index (χ2v) is 5.14. The van der Waals surface area contributed by atoms with Gasteiger partial charge in [-0.05, 0) is 0 Å². The third-order valence-corrected chi connectivity index (χ3v) is 3.25. The molecule has 0 rings (SSSR count). The minimum absolute atomic E-state index is 0.403. The molecule has 0 radical (unpaired) electrons. The fourth-order valence-electron chi connectivity index (χ4n) is 1.52. The van der Waals surface area contributed by atoms with Crippen LogP contribution in [0.3, 0.4) is 0 Å². The Bertz CT molecular complexity index is 155. The summed E-state index contributed by atoms with van der Waals surface area (Å²) in [5.41, 5.74) is 0. The summed E-state index contributed by atoms with van der Waals surface area (Å²) in [6.07, 6.45) is 14.3. The molecule has 84 valence electrons. The summed E-state index contributed by atoms with van der Waals surface area (Å²) in [5, 5.41) is 0. The fraction of sp³-hybridized carbons (Fsp3) is 0.846. The summed E-state index contributed by atoms with van der Waals surface area (Å²) >= 11 is 0.403. The molecule has 0 nitrogen and oxygen atoms in total. The van der Waals surface area contributed by atoms with E-state index in [2.05, 4.69) is 18.8 Å². The van der Waals surface area contributed by atoms with E-state index in [1.165, 1.54) is 51.4 Å². The zero-order valence-electron chi connectivity index (χ0n) is 10.8. The van der Waals surface area contributed by atoms with Crippen molar-refractivity contribution in [2.75, 3.05) is 0 Å². The molecular formula is C13H26Se. The molecule has 0 aromatic heterocycles. The van der Waals surface area contributed by atoms with Crippen LogP contribution in [-0.2, 0) is 0 Å². The Morgan fingerprint density at radius 3 is 2.14 bits per heavy atom. The summed E-state index contributed by atoms with van der Waals surface area (Å²) in [7, 11) is 0. The molecule has 0 amide bonds. The molecule has 1 heteroatoms. The maximum absolute atomic E-state index is 7.50. The molecule has 0 aromatic carbocycles. The van der Waals surface area contributed by atoms with Crippen LogP contribution in [0.15, 0.2) is 11.0 Å². The summed E-state index contributed by atoms with van der Waals surface area (Å²) in [6.45, 7) is 2.26. The quantitative estimate of drug-likeness (QED) is 0.392. The van der Waals surface area contributed by atoms with E-state index in [0.717, 1.165) is 11.4 Å². The molecule has 0 fully saturated rings. The van der Waals surface area contributed by atoms with E-state index in [1.807, 2.05) is 0 Å². The standard InChI is InChI=1S/C13H26Se/c1-3-4-5-6-7-8-9-10-11-12-13-14-2/h12-13H,3-11H2,1-2H3/b13-12-/i13D. The normalized spacial score (nSPS) is 13.0. The van der Waals surface area contributed by atoms with Gasteiger partial charge in [0, 0.05) is 0 Å². The van der Waals surface area contributed by atoms with Crippen molar-refractivity contribution in [2.45, 2.75) is 70.5 Å². The molecule has 0 unspecified atom stereocenters. The van der Waals surface area contributed by atoms with Gasteiger partial charge in [0.2, 0.25) is 0 Å². The molecule has 0 N–H and O–H groups in total. The van der Waals surface area contributed by atoms with Crippen molar-refractivity contribution in [1.29, 1.82) is 0 Å². The van der Waals surface area contributed by atoms with Crippen LogP contribution in [0.2, 0.25) is 5.82 Å². The van der Waals surface area contributed by atoms with Crippen molar-refractivity contribution in [2.24, 2.45) is 0 Å². The van der Waals surface area contributed by atoms with E-state index in [0.29, 0.717) is 15.0 Å². The van der Waals surface area contributed by atoms with Crippen LogP contribution in [0.1, 0.15) is 66.1 Å². The molecule has 0 saturated carbocycles. The number of hydrogen-bond acceptors (Lipinski definition) is 0. The number of hydrogen-bond donors (Lipinski definition) is 0. The van der Waals surface area contributed by atoms with Crippen LogP contribution in [-0.4, -0.2) is 15.0 Å².